The van der Waals surface area contributed by atoms with Gasteiger partial charge < -0.3 is 9.64 Å². The molecule has 1 fully saturated rings. The summed E-state index contributed by atoms with van der Waals surface area (Å²) >= 11 is 5.81. The molecule has 7 heteroatoms. The maximum atomic E-state index is 13.4. The van der Waals surface area contributed by atoms with Crippen LogP contribution in [0.25, 0.3) is 5.69 Å². The molecule has 0 spiro atoms. The number of hydrogen-bond acceptors (Lipinski definition) is 4. The smallest absolute Gasteiger partial charge is 0.229 e. The van der Waals surface area contributed by atoms with Crippen molar-refractivity contribution in [3.8, 4) is 5.69 Å². The second-order valence-corrected chi connectivity index (χ2v) is 4.72. The molecule has 1 saturated heterocycles. The first kappa shape index (κ1) is 13.3. The number of anilines is 1. The molecule has 0 atom stereocenters. The minimum atomic E-state index is -0.307. The molecule has 0 radical (unpaired) electrons. The van der Waals surface area contributed by atoms with Crippen LogP contribution in [-0.2, 0) is 10.6 Å². The Labute approximate surface area is 120 Å². The van der Waals surface area contributed by atoms with E-state index in [-0.39, 0.29) is 11.7 Å². The van der Waals surface area contributed by atoms with Gasteiger partial charge in [0.05, 0.1) is 24.8 Å². The third kappa shape index (κ3) is 2.62. The van der Waals surface area contributed by atoms with E-state index in [0.29, 0.717) is 30.7 Å². The number of halogens is 2. The molecule has 20 heavy (non-hydrogen) atoms. The zero-order valence-corrected chi connectivity index (χ0v) is 11.6. The summed E-state index contributed by atoms with van der Waals surface area (Å²) in [4.78, 5) is 6.49. The normalized spacial score (nSPS) is 15.6. The molecule has 0 unspecified atom stereocenters. The number of rotatable bonds is 3. The van der Waals surface area contributed by atoms with Crippen LogP contribution in [0.1, 0.15) is 5.82 Å². The first-order valence-corrected chi connectivity index (χ1v) is 6.92. The third-order valence-corrected chi connectivity index (χ3v) is 3.34. The predicted octanol–water partition coefficient (Wildman–Crippen LogP) is 1.98. The first-order valence-electron chi connectivity index (χ1n) is 6.38. The van der Waals surface area contributed by atoms with E-state index in [1.807, 2.05) is 0 Å². The Morgan fingerprint density at radius 1 is 1.30 bits per heavy atom. The van der Waals surface area contributed by atoms with Crippen molar-refractivity contribution >= 4 is 17.5 Å². The van der Waals surface area contributed by atoms with Crippen LogP contribution in [0.15, 0.2) is 24.3 Å². The van der Waals surface area contributed by atoms with Crippen LogP contribution in [0.5, 0.6) is 0 Å². The summed E-state index contributed by atoms with van der Waals surface area (Å²) < 4.78 is 20.4. The lowest BCUT2D eigenvalue weighted by Crippen LogP contribution is -2.38. The molecule has 2 aromatic rings. The van der Waals surface area contributed by atoms with Gasteiger partial charge in [0.1, 0.15) is 5.82 Å². The molecule has 0 N–H and O–H groups in total. The number of aromatic nitrogens is 3. The van der Waals surface area contributed by atoms with E-state index in [1.165, 1.54) is 12.1 Å². The van der Waals surface area contributed by atoms with Crippen LogP contribution in [0.2, 0.25) is 0 Å². The molecule has 0 amide bonds. The monoisotopic (exact) mass is 296 g/mol. The molecule has 1 aromatic heterocycles. The fourth-order valence-corrected chi connectivity index (χ4v) is 2.26. The second kappa shape index (κ2) is 5.76. The van der Waals surface area contributed by atoms with Crippen LogP contribution in [0, 0.1) is 5.82 Å². The maximum Gasteiger partial charge on any atom is 0.229 e. The van der Waals surface area contributed by atoms with Crippen molar-refractivity contribution in [3.05, 3.63) is 35.9 Å². The van der Waals surface area contributed by atoms with Crippen LogP contribution < -0.4 is 4.90 Å². The molecule has 0 bridgehead atoms. The molecule has 106 valence electrons. The summed E-state index contributed by atoms with van der Waals surface area (Å²) in [6.07, 6.45) is 0. The fraction of sp³-hybridized carbons (Fsp3) is 0.385. The molecule has 0 saturated carbocycles. The van der Waals surface area contributed by atoms with Crippen molar-refractivity contribution in [2.45, 2.75) is 5.88 Å². The molecule has 1 aliphatic heterocycles. The quantitative estimate of drug-likeness (QED) is 0.813. The van der Waals surface area contributed by atoms with E-state index < -0.39 is 0 Å². The zero-order valence-electron chi connectivity index (χ0n) is 10.8. The highest BCUT2D eigenvalue weighted by atomic mass is 35.5. The van der Waals surface area contributed by atoms with Gasteiger partial charge >= 0.3 is 0 Å². The summed E-state index contributed by atoms with van der Waals surface area (Å²) in [7, 11) is 0. The number of hydrogen-bond donors (Lipinski definition) is 0. The number of ether oxygens (including phenoxy) is 1. The van der Waals surface area contributed by atoms with Gasteiger partial charge in [-0.3, -0.25) is 0 Å². The van der Waals surface area contributed by atoms with E-state index in [0.717, 1.165) is 13.1 Å². The minimum absolute atomic E-state index is 0.222. The first-order chi connectivity index (χ1) is 9.78. The molecular formula is C13H14ClFN4O. The molecule has 3 rings (SSSR count). The van der Waals surface area contributed by atoms with Crippen molar-refractivity contribution in [2.24, 2.45) is 0 Å². The van der Waals surface area contributed by atoms with Gasteiger partial charge in [0.15, 0.2) is 5.82 Å². The Morgan fingerprint density at radius 3 is 2.80 bits per heavy atom. The van der Waals surface area contributed by atoms with E-state index in [4.69, 9.17) is 16.3 Å². The highest BCUT2D eigenvalue weighted by molar-refractivity contribution is 6.16. The van der Waals surface area contributed by atoms with Gasteiger partial charge in [-0.1, -0.05) is 6.07 Å². The molecule has 1 aromatic carbocycles. The van der Waals surface area contributed by atoms with Gasteiger partial charge in [-0.2, -0.15) is 9.67 Å². The van der Waals surface area contributed by atoms with Crippen molar-refractivity contribution < 1.29 is 9.13 Å². The van der Waals surface area contributed by atoms with Crippen LogP contribution in [0.3, 0.4) is 0 Å². The highest BCUT2D eigenvalue weighted by Gasteiger charge is 2.20. The number of alkyl halides is 1. The maximum absolute atomic E-state index is 13.4. The van der Waals surface area contributed by atoms with Crippen molar-refractivity contribution in [3.63, 3.8) is 0 Å². The Balaban J connectivity index is 2.02. The van der Waals surface area contributed by atoms with E-state index in [2.05, 4.69) is 15.0 Å². The van der Waals surface area contributed by atoms with E-state index >= 15 is 0 Å². The van der Waals surface area contributed by atoms with Gasteiger partial charge in [0.2, 0.25) is 5.95 Å². The second-order valence-electron chi connectivity index (χ2n) is 4.45. The lowest BCUT2D eigenvalue weighted by atomic mass is 10.3. The predicted molar refractivity (Wildman–Crippen MR) is 73.9 cm³/mol. The minimum Gasteiger partial charge on any atom is -0.378 e. The average molecular weight is 297 g/mol. The Bertz CT molecular complexity index is 598. The molecular weight excluding hydrogens is 283 g/mol. The van der Waals surface area contributed by atoms with Gasteiger partial charge in [0.25, 0.3) is 0 Å². The summed E-state index contributed by atoms with van der Waals surface area (Å²) in [5.74, 6) is 1.12. The number of morpholine rings is 1. The zero-order chi connectivity index (χ0) is 13.9. The van der Waals surface area contributed by atoms with Crippen LogP contribution in [0.4, 0.5) is 10.3 Å². The summed E-state index contributed by atoms with van der Waals surface area (Å²) in [6, 6.07) is 6.27. The molecule has 1 aliphatic rings. The number of benzene rings is 1. The van der Waals surface area contributed by atoms with Gasteiger partial charge in [0, 0.05) is 13.1 Å². The van der Waals surface area contributed by atoms with E-state index in [9.17, 15) is 4.39 Å². The Kier molecular flexibility index (Phi) is 3.84. The summed E-state index contributed by atoms with van der Waals surface area (Å²) in [6.45, 7) is 2.75. The van der Waals surface area contributed by atoms with E-state index in [1.54, 1.807) is 16.8 Å². The lowest BCUT2D eigenvalue weighted by Gasteiger charge is -2.27. The summed E-state index contributed by atoms with van der Waals surface area (Å²) in [5, 5.41) is 4.34. The lowest BCUT2D eigenvalue weighted by molar-refractivity contribution is 0.122. The van der Waals surface area contributed by atoms with Gasteiger partial charge in [-0.05, 0) is 18.2 Å². The Hall–Kier alpha value is -1.66. The molecule has 0 aliphatic carbocycles. The summed E-state index contributed by atoms with van der Waals surface area (Å²) in [5.41, 5.74) is 0.635. The van der Waals surface area contributed by atoms with Crippen molar-refractivity contribution in [1.82, 2.24) is 14.8 Å². The van der Waals surface area contributed by atoms with Crippen LogP contribution in [-0.4, -0.2) is 41.1 Å². The number of nitrogens with zero attached hydrogens (tertiary/aromatic N) is 4. The Morgan fingerprint density at radius 2 is 2.10 bits per heavy atom. The average Bonchev–Trinajstić information content (AvgIpc) is 2.92. The SMILES string of the molecule is Fc1cccc(-n2nc(CCl)nc2N2CCOCC2)c1. The topological polar surface area (TPSA) is 43.2 Å². The standard InChI is InChI=1S/C13H14ClFN4O/c14-9-12-16-13(18-4-6-20-7-5-18)19(17-12)11-3-1-2-10(15)8-11/h1-3,8H,4-7,9H2. The van der Waals surface area contributed by atoms with Crippen LogP contribution >= 0.6 is 11.6 Å². The van der Waals surface area contributed by atoms with Crippen molar-refractivity contribution in [2.75, 3.05) is 31.2 Å². The third-order valence-electron chi connectivity index (χ3n) is 3.10. The molecule has 2 heterocycles. The van der Waals surface area contributed by atoms with Crippen molar-refractivity contribution in [1.29, 1.82) is 0 Å². The highest BCUT2D eigenvalue weighted by Crippen LogP contribution is 2.20. The fourth-order valence-electron chi connectivity index (χ4n) is 2.15. The van der Waals surface area contributed by atoms with Gasteiger partial charge in [-0.15, -0.1) is 16.7 Å². The molecule has 5 nitrogen and oxygen atoms in total. The largest absolute Gasteiger partial charge is 0.378 e. The van der Waals surface area contributed by atoms with Gasteiger partial charge in [-0.25, -0.2) is 4.39 Å².